The van der Waals surface area contributed by atoms with Gasteiger partial charge in [-0.05, 0) is 92.3 Å². The lowest BCUT2D eigenvalue weighted by Crippen LogP contribution is -2.54. The average molecular weight is 319 g/mol. The molecule has 0 aliphatic heterocycles. The van der Waals surface area contributed by atoms with Crippen molar-refractivity contribution in [3.05, 3.63) is 0 Å². The Bertz CT molecular complexity index is 504. The van der Waals surface area contributed by atoms with Crippen LogP contribution in [0.15, 0.2) is 5.16 Å². The monoisotopic (exact) mass is 319 g/mol. The fraction of sp³-hybridized carbons (Fsp3) is 0.950. The first-order valence-corrected chi connectivity index (χ1v) is 9.76. The van der Waals surface area contributed by atoms with E-state index in [0.29, 0.717) is 5.41 Å². The van der Waals surface area contributed by atoms with Crippen molar-refractivity contribution in [3.8, 4) is 0 Å². The highest BCUT2D eigenvalue weighted by Crippen LogP contribution is 2.65. The SMILES string of the molecule is CON=C1CC[C@@]2(C)C(CCC3C2CC[C@@]2(C)C3CC[C@@H]2O)C1. The quantitative estimate of drug-likeness (QED) is 0.728. The molecule has 0 aromatic rings. The van der Waals surface area contributed by atoms with E-state index in [-0.39, 0.29) is 11.5 Å². The van der Waals surface area contributed by atoms with Crippen molar-refractivity contribution in [3.63, 3.8) is 0 Å². The van der Waals surface area contributed by atoms with Crippen LogP contribution in [0.2, 0.25) is 0 Å². The smallest absolute Gasteiger partial charge is 0.106 e. The van der Waals surface area contributed by atoms with Gasteiger partial charge in [0, 0.05) is 0 Å². The van der Waals surface area contributed by atoms with E-state index < -0.39 is 0 Å². The number of aliphatic hydroxyl groups excluding tert-OH is 1. The zero-order valence-electron chi connectivity index (χ0n) is 15.1. The van der Waals surface area contributed by atoms with Gasteiger partial charge < -0.3 is 9.94 Å². The van der Waals surface area contributed by atoms with Crippen LogP contribution in [0.25, 0.3) is 0 Å². The first-order valence-electron chi connectivity index (χ1n) is 9.76. The molecule has 4 unspecified atom stereocenters. The van der Waals surface area contributed by atoms with Gasteiger partial charge in [0.15, 0.2) is 0 Å². The Balaban J connectivity index is 1.58. The van der Waals surface area contributed by atoms with Crippen LogP contribution in [0, 0.1) is 34.5 Å². The number of rotatable bonds is 1. The standard InChI is InChI=1S/C20H33NO2/c1-19-10-8-14(21-23-3)12-13(19)4-5-15-16-6-7-18(22)20(16,2)11-9-17(15)19/h13,15-18,22H,4-12H2,1-3H3/t13?,15?,16?,17?,18-,19-,20-/m0/s1. The Hall–Kier alpha value is -0.570. The second-order valence-electron chi connectivity index (χ2n) is 9.34. The summed E-state index contributed by atoms with van der Waals surface area (Å²) in [6, 6.07) is 0. The first-order chi connectivity index (χ1) is 11.0. The fourth-order valence-corrected chi connectivity index (χ4v) is 7.24. The van der Waals surface area contributed by atoms with Crippen LogP contribution in [-0.4, -0.2) is 24.0 Å². The fourth-order valence-electron chi connectivity index (χ4n) is 7.24. The van der Waals surface area contributed by atoms with E-state index in [0.717, 1.165) is 42.9 Å². The molecule has 0 amide bonds. The third-order valence-electron chi connectivity index (χ3n) is 8.67. The zero-order chi connectivity index (χ0) is 16.2. The molecule has 4 fully saturated rings. The molecular formula is C20H33NO2. The molecule has 0 radical (unpaired) electrons. The molecule has 1 N–H and O–H groups in total. The van der Waals surface area contributed by atoms with Gasteiger partial charge in [-0.1, -0.05) is 19.0 Å². The third kappa shape index (κ3) is 2.22. The lowest BCUT2D eigenvalue weighted by Gasteiger charge is -2.60. The van der Waals surface area contributed by atoms with Crippen molar-refractivity contribution in [1.82, 2.24) is 0 Å². The first kappa shape index (κ1) is 15.9. The average Bonchev–Trinajstić information content (AvgIpc) is 2.84. The molecule has 0 aromatic heterocycles. The molecular weight excluding hydrogens is 286 g/mol. The van der Waals surface area contributed by atoms with Crippen LogP contribution >= 0.6 is 0 Å². The summed E-state index contributed by atoms with van der Waals surface area (Å²) in [7, 11) is 1.67. The second-order valence-corrected chi connectivity index (χ2v) is 9.34. The van der Waals surface area contributed by atoms with Crippen molar-refractivity contribution < 1.29 is 9.94 Å². The molecule has 0 aromatic carbocycles. The minimum absolute atomic E-state index is 0.0502. The molecule has 7 atom stereocenters. The summed E-state index contributed by atoms with van der Waals surface area (Å²) >= 11 is 0. The van der Waals surface area contributed by atoms with E-state index in [2.05, 4.69) is 19.0 Å². The summed E-state index contributed by atoms with van der Waals surface area (Å²) < 4.78 is 0. The second kappa shape index (κ2) is 5.47. The van der Waals surface area contributed by atoms with Crippen LogP contribution < -0.4 is 0 Å². The number of oxime groups is 1. The minimum atomic E-state index is -0.0502. The van der Waals surface area contributed by atoms with Crippen molar-refractivity contribution >= 4 is 5.71 Å². The lowest BCUT2D eigenvalue weighted by molar-refractivity contribution is -0.112. The summed E-state index contributed by atoms with van der Waals surface area (Å²) in [5.74, 6) is 3.28. The summed E-state index contributed by atoms with van der Waals surface area (Å²) in [6.07, 6.45) is 11.1. The Labute approximate surface area is 140 Å². The molecule has 23 heavy (non-hydrogen) atoms. The van der Waals surface area contributed by atoms with Crippen molar-refractivity contribution in [2.24, 2.45) is 39.7 Å². The molecule has 0 bridgehead atoms. The van der Waals surface area contributed by atoms with Gasteiger partial charge in [0.2, 0.25) is 0 Å². The maximum Gasteiger partial charge on any atom is 0.106 e. The van der Waals surface area contributed by atoms with Crippen molar-refractivity contribution in [1.29, 1.82) is 0 Å². The number of fused-ring (bicyclic) bond motifs is 5. The van der Waals surface area contributed by atoms with E-state index >= 15 is 0 Å². The summed E-state index contributed by atoms with van der Waals surface area (Å²) in [6.45, 7) is 4.95. The van der Waals surface area contributed by atoms with Crippen LogP contribution in [0.4, 0.5) is 0 Å². The van der Waals surface area contributed by atoms with E-state index in [1.54, 1.807) is 7.11 Å². The van der Waals surface area contributed by atoms with Crippen LogP contribution in [0.5, 0.6) is 0 Å². The van der Waals surface area contributed by atoms with Gasteiger partial charge in [0.25, 0.3) is 0 Å². The van der Waals surface area contributed by atoms with Gasteiger partial charge in [0.1, 0.15) is 7.11 Å². The van der Waals surface area contributed by atoms with E-state index in [4.69, 9.17) is 4.84 Å². The van der Waals surface area contributed by atoms with E-state index in [9.17, 15) is 5.11 Å². The number of aliphatic hydroxyl groups is 1. The zero-order valence-corrected chi connectivity index (χ0v) is 15.1. The van der Waals surface area contributed by atoms with Crippen LogP contribution in [0.1, 0.15) is 71.6 Å². The molecule has 4 aliphatic carbocycles. The van der Waals surface area contributed by atoms with Crippen LogP contribution in [0.3, 0.4) is 0 Å². The maximum absolute atomic E-state index is 10.5. The highest BCUT2D eigenvalue weighted by molar-refractivity contribution is 5.85. The molecule has 0 saturated heterocycles. The number of nitrogens with zero attached hydrogens (tertiary/aromatic N) is 1. The molecule has 4 rings (SSSR count). The van der Waals surface area contributed by atoms with Crippen molar-refractivity contribution in [2.45, 2.75) is 77.7 Å². The highest BCUT2D eigenvalue weighted by Gasteiger charge is 2.59. The van der Waals surface area contributed by atoms with E-state index in [1.165, 1.54) is 44.2 Å². The Morgan fingerprint density at radius 2 is 1.78 bits per heavy atom. The molecule has 4 saturated carbocycles. The van der Waals surface area contributed by atoms with Crippen LogP contribution in [-0.2, 0) is 4.84 Å². The highest BCUT2D eigenvalue weighted by atomic mass is 16.6. The summed E-state index contributed by atoms with van der Waals surface area (Å²) in [5.41, 5.74) is 1.98. The van der Waals surface area contributed by atoms with Gasteiger partial charge in [-0.15, -0.1) is 0 Å². The van der Waals surface area contributed by atoms with Crippen molar-refractivity contribution in [2.75, 3.05) is 7.11 Å². The lowest BCUT2D eigenvalue weighted by atomic mass is 9.45. The Morgan fingerprint density at radius 3 is 2.57 bits per heavy atom. The molecule has 3 nitrogen and oxygen atoms in total. The predicted molar refractivity (Wildman–Crippen MR) is 92.2 cm³/mol. The largest absolute Gasteiger partial charge is 0.399 e. The summed E-state index contributed by atoms with van der Waals surface area (Å²) in [5, 5.41) is 14.8. The minimum Gasteiger partial charge on any atom is -0.399 e. The molecule has 4 aliphatic rings. The molecule has 3 heteroatoms. The molecule has 0 spiro atoms. The Kier molecular flexibility index (Phi) is 3.79. The van der Waals surface area contributed by atoms with Gasteiger partial charge in [-0.25, -0.2) is 0 Å². The van der Waals surface area contributed by atoms with Gasteiger partial charge in [-0.3, -0.25) is 0 Å². The van der Waals surface area contributed by atoms with E-state index in [1.807, 2.05) is 0 Å². The van der Waals surface area contributed by atoms with Gasteiger partial charge in [0.05, 0.1) is 11.8 Å². The third-order valence-corrected chi connectivity index (χ3v) is 8.67. The summed E-state index contributed by atoms with van der Waals surface area (Å²) in [4.78, 5) is 5.04. The number of hydrogen-bond donors (Lipinski definition) is 1. The molecule has 130 valence electrons. The Morgan fingerprint density at radius 1 is 1.00 bits per heavy atom. The van der Waals surface area contributed by atoms with Gasteiger partial charge >= 0.3 is 0 Å². The topological polar surface area (TPSA) is 41.8 Å². The number of hydrogen-bond acceptors (Lipinski definition) is 3. The predicted octanol–water partition coefficient (Wildman–Crippen LogP) is 4.39. The van der Waals surface area contributed by atoms with Gasteiger partial charge in [-0.2, -0.15) is 0 Å². The maximum atomic E-state index is 10.5. The normalized spacial score (nSPS) is 54.3. The molecule has 0 heterocycles.